The van der Waals surface area contributed by atoms with E-state index in [2.05, 4.69) is 10.3 Å². The lowest BCUT2D eigenvalue weighted by Gasteiger charge is -2.07. The minimum Gasteiger partial charge on any atom is -0.389 e. The Hall–Kier alpha value is -2.41. The molecule has 1 heterocycles. The van der Waals surface area contributed by atoms with E-state index in [1.54, 1.807) is 24.3 Å². The summed E-state index contributed by atoms with van der Waals surface area (Å²) in [5.41, 5.74) is 6.25. The lowest BCUT2D eigenvalue weighted by Crippen LogP contribution is -2.12. The molecule has 0 radical (unpaired) electrons. The molecular weight excluding hydrogens is 282 g/mol. The lowest BCUT2D eigenvalue weighted by atomic mass is 10.2. The molecule has 2 aromatic carbocycles. The number of halogens is 2. The molecule has 0 aliphatic carbocycles. The Morgan fingerprint density at radius 2 is 1.80 bits per heavy atom. The Balaban J connectivity index is 2.27. The number of hydrogen-bond donors (Lipinski definition) is 1. The van der Waals surface area contributed by atoms with Gasteiger partial charge < -0.3 is 5.73 Å². The van der Waals surface area contributed by atoms with Crippen LogP contribution in [-0.4, -0.2) is 20.0 Å². The Labute approximate surface area is 117 Å². The average molecular weight is 290 g/mol. The normalized spacial score (nSPS) is 10.9. The predicted molar refractivity (Wildman–Crippen MR) is 74.7 cm³/mol. The van der Waals surface area contributed by atoms with Gasteiger partial charge >= 0.3 is 0 Å². The van der Waals surface area contributed by atoms with Crippen molar-refractivity contribution in [3.8, 4) is 5.69 Å². The lowest BCUT2D eigenvalue weighted by molar-refractivity contribution is 0.559. The van der Waals surface area contributed by atoms with Crippen LogP contribution < -0.4 is 5.73 Å². The van der Waals surface area contributed by atoms with Crippen LogP contribution in [0.3, 0.4) is 0 Å². The summed E-state index contributed by atoms with van der Waals surface area (Å²) in [5.74, 6) is -1.60. The molecule has 0 saturated heterocycles. The van der Waals surface area contributed by atoms with Crippen molar-refractivity contribution in [2.75, 3.05) is 0 Å². The molecule has 0 bridgehead atoms. The summed E-state index contributed by atoms with van der Waals surface area (Å²) in [6.07, 6.45) is 0. The summed E-state index contributed by atoms with van der Waals surface area (Å²) in [4.78, 5) is -0.0715. The number of rotatable bonds is 2. The van der Waals surface area contributed by atoms with Crippen LogP contribution in [-0.2, 0) is 0 Å². The molecule has 3 rings (SSSR count). The largest absolute Gasteiger partial charge is 0.389 e. The van der Waals surface area contributed by atoms with Crippen molar-refractivity contribution in [2.24, 2.45) is 5.73 Å². The van der Waals surface area contributed by atoms with Crippen LogP contribution in [0.1, 0.15) is 5.56 Å². The summed E-state index contributed by atoms with van der Waals surface area (Å²) < 4.78 is 29.4. The minimum atomic E-state index is -0.802. The molecule has 20 heavy (non-hydrogen) atoms. The van der Waals surface area contributed by atoms with Gasteiger partial charge in [0, 0.05) is 5.56 Å². The first kappa shape index (κ1) is 12.6. The van der Waals surface area contributed by atoms with Gasteiger partial charge in [-0.1, -0.05) is 29.6 Å². The van der Waals surface area contributed by atoms with E-state index in [4.69, 9.17) is 18.0 Å². The summed E-state index contributed by atoms with van der Waals surface area (Å²) >= 11 is 4.71. The fourth-order valence-electron chi connectivity index (χ4n) is 1.94. The second-order valence-corrected chi connectivity index (χ2v) is 4.58. The van der Waals surface area contributed by atoms with Crippen molar-refractivity contribution in [1.82, 2.24) is 15.0 Å². The van der Waals surface area contributed by atoms with Crippen LogP contribution in [0.25, 0.3) is 16.7 Å². The molecule has 2 N–H and O–H groups in total. The molecule has 3 aromatic rings. The molecule has 1 aromatic heterocycles. The number of para-hydroxylation sites is 1. The first-order valence-corrected chi connectivity index (χ1v) is 6.08. The van der Waals surface area contributed by atoms with Gasteiger partial charge in [0.1, 0.15) is 16.2 Å². The van der Waals surface area contributed by atoms with Crippen molar-refractivity contribution < 1.29 is 8.78 Å². The molecule has 0 spiro atoms. The zero-order chi connectivity index (χ0) is 14.3. The number of benzene rings is 2. The van der Waals surface area contributed by atoms with E-state index in [1.807, 2.05) is 0 Å². The molecular formula is C13H8F2N4S. The third kappa shape index (κ3) is 1.92. The number of nitrogens with zero attached hydrogens (tertiary/aromatic N) is 3. The number of nitrogens with two attached hydrogens (primary N) is 1. The number of thiocarbonyl (C=S) groups is 1. The highest BCUT2D eigenvalue weighted by Crippen LogP contribution is 2.22. The van der Waals surface area contributed by atoms with E-state index in [0.29, 0.717) is 11.0 Å². The van der Waals surface area contributed by atoms with Crippen LogP contribution in [0.5, 0.6) is 0 Å². The van der Waals surface area contributed by atoms with Gasteiger partial charge in [-0.25, -0.2) is 13.5 Å². The van der Waals surface area contributed by atoms with Crippen molar-refractivity contribution >= 4 is 28.2 Å². The predicted octanol–water partition coefficient (Wildman–Crippen LogP) is 2.33. The molecule has 0 aliphatic heterocycles. The highest BCUT2D eigenvalue weighted by molar-refractivity contribution is 7.80. The summed E-state index contributed by atoms with van der Waals surface area (Å²) in [6.45, 7) is 0. The third-order valence-corrected chi connectivity index (χ3v) is 3.10. The van der Waals surface area contributed by atoms with Crippen molar-refractivity contribution in [3.63, 3.8) is 0 Å². The fraction of sp³-hybridized carbons (Fsp3) is 0. The van der Waals surface area contributed by atoms with Crippen LogP contribution in [0.15, 0.2) is 36.4 Å². The zero-order valence-electron chi connectivity index (χ0n) is 10.0. The molecule has 7 heteroatoms. The maximum Gasteiger partial charge on any atom is 0.152 e. The van der Waals surface area contributed by atoms with E-state index in [1.165, 1.54) is 0 Å². The van der Waals surface area contributed by atoms with Gasteiger partial charge in [-0.05, 0) is 24.3 Å². The highest BCUT2D eigenvalue weighted by atomic mass is 32.1. The quantitative estimate of drug-likeness (QED) is 0.736. The first-order chi connectivity index (χ1) is 9.58. The van der Waals surface area contributed by atoms with Crippen LogP contribution in [0.4, 0.5) is 8.78 Å². The van der Waals surface area contributed by atoms with E-state index >= 15 is 0 Å². The standard InChI is InChI=1S/C13H8F2N4S/c14-8-5-7(13(16)20)6-9(15)12(8)19-11-4-2-1-3-10(11)17-18-19/h1-6H,(H2,16,20). The molecule has 100 valence electrons. The van der Waals surface area contributed by atoms with Crippen molar-refractivity contribution in [3.05, 3.63) is 53.6 Å². The van der Waals surface area contributed by atoms with Gasteiger partial charge in [-0.2, -0.15) is 0 Å². The topological polar surface area (TPSA) is 56.7 Å². The monoisotopic (exact) mass is 290 g/mol. The van der Waals surface area contributed by atoms with Gasteiger partial charge in [0.25, 0.3) is 0 Å². The fourth-order valence-corrected chi connectivity index (χ4v) is 2.06. The molecule has 0 unspecified atom stereocenters. The molecule has 0 atom stereocenters. The number of aromatic nitrogens is 3. The van der Waals surface area contributed by atoms with Gasteiger partial charge in [-0.3, -0.25) is 0 Å². The molecule has 0 amide bonds. The van der Waals surface area contributed by atoms with E-state index in [0.717, 1.165) is 16.8 Å². The van der Waals surface area contributed by atoms with E-state index in [-0.39, 0.29) is 16.2 Å². The maximum atomic E-state index is 14.1. The molecule has 0 aliphatic rings. The minimum absolute atomic E-state index is 0.0715. The number of fused-ring (bicyclic) bond motifs is 1. The second-order valence-electron chi connectivity index (χ2n) is 4.14. The molecule has 4 nitrogen and oxygen atoms in total. The van der Waals surface area contributed by atoms with Gasteiger partial charge in [-0.15, -0.1) is 5.10 Å². The number of hydrogen-bond acceptors (Lipinski definition) is 3. The Kier molecular flexibility index (Phi) is 2.90. The summed E-state index contributed by atoms with van der Waals surface area (Å²) in [7, 11) is 0. The van der Waals surface area contributed by atoms with Crippen LogP contribution in [0.2, 0.25) is 0 Å². The third-order valence-electron chi connectivity index (χ3n) is 2.87. The van der Waals surface area contributed by atoms with Gasteiger partial charge in [0.15, 0.2) is 11.6 Å². The molecule has 0 saturated carbocycles. The van der Waals surface area contributed by atoms with Crippen molar-refractivity contribution in [1.29, 1.82) is 0 Å². The smallest absolute Gasteiger partial charge is 0.152 e. The Morgan fingerprint density at radius 1 is 1.15 bits per heavy atom. The SMILES string of the molecule is NC(=S)c1cc(F)c(-n2nnc3ccccc32)c(F)c1. The van der Waals surface area contributed by atoms with Crippen molar-refractivity contribution in [2.45, 2.75) is 0 Å². The first-order valence-electron chi connectivity index (χ1n) is 5.67. The van der Waals surface area contributed by atoms with E-state index < -0.39 is 11.6 Å². The van der Waals surface area contributed by atoms with Crippen LogP contribution in [0, 0.1) is 11.6 Å². The molecule has 0 fully saturated rings. The Bertz CT molecular complexity index is 805. The summed E-state index contributed by atoms with van der Waals surface area (Å²) in [6, 6.07) is 9.05. The van der Waals surface area contributed by atoms with Crippen LogP contribution >= 0.6 is 12.2 Å². The highest BCUT2D eigenvalue weighted by Gasteiger charge is 2.17. The maximum absolute atomic E-state index is 14.1. The van der Waals surface area contributed by atoms with Gasteiger partial charge in [0.05, 0.1) is 5.52 Å². The zero-order valence-corrected chi connectivity index (χ0v) is 10.9. The Morgan fingerprint density at radius 3 is 2.45 bits per heavy atom. The average Bonchev–Trinajstić information content (AvgIpc) is 2.82. The van der Waals surface area contributed by atoms with E-state index in [9.17, 15) is 8.78 Å². The second kappa shape index (κ2) is 4.61. The van der Waals surface area contributed by atoms with Gasteiger partial charge in [0.2, 0.25) is 0 Å². The summed E-state index contributed by atoms with van der Waals surface area (Å²) in [5, 5.41) is 7.65.